The predicted octanol–water partition coefficient (Wildman–Crippen LogP) is 3.90. The highest BCUT2D eigenvalue weighted by Crippen LogP contribution is 2.54. The Labute approximate surface area is 147 Å². The van der Waals surface area contributed by atoms with E-state index in [1.165, 1.54) is 4.90 Å². The third kappa shape index (κ3) is 4.21. The fraction of sp³-hybridized carbons (Fsp3) is 0.611. The molecule has 3 atom stereocenters. The number of ether oxygens (including phenoxy) is 1. The van der Waals surface area contributed by atoms with Crippen molar-refractivity contribution in [3.63, 3.8) is 0 Å². The fourth-order valence-electron chi connectivity index (χ4n) is 2.79. The van der Waals surface area contributed by atoms with Crippen molar-refractivity contribution in [2.24, 2.45) is 0 Å². The van der Waals surface area contributed by atoms with E-state index in [1.54, 1.807) is 13.3 Å². The molecule has 7 nitrogen and oxygen atoms in total. The Morgan fingerprint density at radius 3 is 2.84 bits per heavy atom. The zero-order valence-corrected chi connectivity index (χ0v) is 15.4. The molecule has 1 saturated carbocycles. The molecule has 3 rings (SSSR count). The van der Waals surface area contributed by atoms with Crippen LogP contribution in [0.15, 0.2) is 27.3 Å². The zero-order valence-electron chi connectivity index (χ0n) is 15.4. The molecule has 2 aromatic heterocycles. The molecule has 0 spiro atoms. The van der Waals surface area contributed by atoms with E-state index in [1.807, 2.05) is 39.8 Å². The van der Waals surface area contributed by atoms with Crippen LogP contribution in [0.5, 0.6) is 0 Å². The van der Waals surface area contributed by atoms with E-state index in [9.17, 15) is 4.79 Å². The van der Waals surface area contributed by atoms with Gasteiger partial charge in [0.1, 0.15) is 11.4 Å². The number of hydrogen-bond donors (Lipinski definition) is 0. The molecule has 0 unspecified atom stereocenters. The minimum Gasteiger partial charge on any atom is -0.469 e. The van der Waals surface area contributed by atoms with Gasteiger partial charge in [-0.05, 0) is 39.3 Å². The second kappa shape index (κ2) is 6.54. The average molecular weight is 347 g/mol. The smallest absolute Gasteiger partial charge is 0.410 e. The Morgan fingerprint density at radius 1 is 1.44 bits per heavy atom. The summed E-state index contributed by atoms with van der Waals surface area (Å²) in [4.78, 5) is 18.1. The summed E-state index contributed by atoms with van der Waals surface area (Å²) in [5.74, 6) is 2.71. The van der Waals surface area contributed by atoms with Crippen molar-refractivity contribution in [2.45, 2.75) is 57.5 Å². The lowest BCUT2D eigenvalue weighted by atomic mass is 10.1. The van der Waals surface area contributed by atoms with Gasteiger partial charge in [0.2, 0.25) is 5.89 Å². The monoisotopic (exact) mass is 347 g/mol. The van der Waals surface area contributed by atoms with Gasteiger partial charge in [0.25, 0.3) is 0 Å². The molecule has 0 aromatic carbocycles. The second-order valence-electron chi connectivity index (χ2n) is 7.72. The number of carbonyl (C=O) groups is 1. The summed E-state index contributed by atoms with van der Waals surface area (Å²) in [6.45, 7) is 7.96. The largest absolute Gasteiger partial charge is 0.469 e. The third-order valence-corrected chi connectivity index (χ3v) is 4.17. The van der Waals surface area contributed by atoms with Gasteiger partial charge >= 0.3 is 6.09 Å². The van der Waals surface area contributed by atoms with Crippen molar-refractivity contribution in [1.82, 2.24) is 15.0 Å². The van der Waals surface area contributed by atoms with Crippen LogP contribution in [0.3, 0.4) is 0 Å². The fourth-order valence-corrected chi connectivity index (χ4v) is 2.79. The number of amides is 1. The van der Waals surface area contributed by atoms with E-state index in [4.69, 9.17) is 13.7 Å². The molecule has 2 heterocycles. The van der Waals surface area contributed by atoms with Crippen LogP contribution in [-0.4, -0.2) is 40.3 Å². The molecule has 2 aromatic rings. The van der Waals surface area contributed by atoms with Gasteiger partial charge in [-0.1, -0.05) is 12.1 Å². The minimum absolute atomic E-state index is 0.0455. The minimum atomic E-state index is -0.513. The topological polar surface area (TPSA) is 81.6 Å². The number of rotatable bonds is 5. The summed E-state index contributed by atoms with van der Waals surface area (Å²) in [6, 6.07) is 3.86. The van der Waals surface area contributed by atoms with Crippen LogP contribution in [0.1, 0.15) is 69.3 Å². The first-order chi connectivity index (χ1) is 11.7. The maximum Gasteiger partial charge on any atom is 0.410 e. The lowest BCUT2D eigenvalue weighted by Crippen LogP contribution is -2.36. The van der Waals surface area contributed by atoms with Crippen LogP contribution in [0.2, 0.25) is 0 Å². The molecule has 136 valence electrons. The van der Waals surface area contributed by atoms with Gasteiger partial charge in [-0.25, -0.2) is 4.79 Å². The van der Waals surface area contributed by atoms with Crippen LogP contribution in [0.25, 0.3) is 0 Å². The van der Waals surface area contributed by atoms with E-state index in [-0.39, 0.29) is 17.9 Å². The molecule has 0 aliphatic heterocycles. The lowest BCUT2D eigenvalue weighted by Gasteiger charge is -2.25. The maximum absolute atomic E-state index is 12.1. The molecule has 0 N–H and O–H groups in total. The quantitative estimate of drug-likeness (QED) is 0.816. The number of nitrogens with zero attached hydrogens (tertiary/aromatic N) is 3. The van der Waals surface area contributed by atoms with Crippen molar-refractivity contribution in [3.05, 3.63) is 35.9 Å². The van der Waals surface area contributed by atoms with Crippen molar-refractivity contribution in [2.75, 3.05) is 13.6 Å². The first kappa shape index (κ1) is 17.5. The standard InChI is InChI=1S/C18H25N3O4/c1-11(10-21(5)17(22)24-18(2,3)4)15-19-16(25-20-15)13-9-12(13)14-7-6-8-23-14/h6-8,11-13H,9-10H2,1-5H3/t11-,12+,13+/m1/s1. The maximum atomic E-state index is 12.1. The highest BCUT2D eigenvalue weighted by molar-refractivity contribution is 5.67. The molecule has 0 bridgehead atoms. The third-order valence-electron chi connectivity index (χ3n) is 4.17. The summed E-state index contributed by atoms with van der Waals surface area (Å²) in [5.41, 5.74) is -0.513. The van der Waals surface area contributed by atoms with Gasteiger partial charge in [-0.3, -0.25) is 0 Å². The van der Waals surface area contributed by atoms with Gasteiger partial charge < -0.3 is 18.6 Å². The number of aromatic nitrogens is 2. The Kier molecular flexibility index (Phi) is 4.58. The molecule has 7 heteroatoms. The molecule has 1 amide bonds. The molecular formula is C18H25N3O4. The van der Waals surface area contributed by atoms with Crippen LogP contribution in [-0.2, 0) is 4.74 Å². The SMILES string of the molecule is C[C@H](CN(C)C(=O)OC(C)(C)C)c1noc([C@H]2C[C@@H]2c2ccco2)n1. The van der Waals surface area contributed by atoms with Crippen LogP contribution in [0, 0.1) is 0 Å². The highest BCUT2D eigenvalue weighted by Gasteiger charge is 2.45. The molecular weight excluding hydrogens is 322 g/mol. The average Bonchev–Trinajstić information content (AvgIpc) is 2.96. The molecule has 1 aliphatic carbocycles. The number of carbonyl (C=O) groups excluding carboxylic acids is 1. The van der Waals surface area contributed by atoms with Crippen LogP contribution >= 0.6 is 0 Å². The first-order valence-corrected chi connectivity index (χ1v) is 8.55. The summed E-state index contributed by atoms with van der Waals surface area (Å²) < 4.78 is 16.2. The van der Waals surface area contributed by atoms with Gasteiger partial charge in [-0.2, -0.15) is 4.98 Å². The van der Waals surface area contributed by atoms with Crippen molar-refractivity contribution in [1.29, 1.82) is 0 Å². The van der Waals surface area contributed by atoms with E-state index in [0.717, 1.165) is 12.2 Å². The Balaban J connectivity index is 1.56. The van der Waals surface area contributed by atoms with Gasteiger partial charge in [0.05, 0.1) is 6.26 Å². The molecule has 0 radical (unpaired) electrons. The molecule has 25 heavy (non-hydrogen) atoms. The Bertz CT molecular complexity index is 717. The summed E-state index contributed by atoms with van der Waals surface area (Å²) >= 11 is 0. The van der Waals surface area contributed by atoms with Crippen molar-refractivity contribution < 1.29 is 18.5 Å². The van der Waals surface area contributed by atoms with Crippen molar-refractivity contribution >= 4 is 6.09 Å². The highest BCUT2D eigenvalue weighted by atomic mass is 16.6. The summed E-state index contributed by atoms with van der Waals surface area (Å²) in [7, 11) is 1.71. The Hall–Kier alpha value is -2.31. The lowest BCUT2D eigenvalue weighted by molar-refractivity contribution is 0.0289. The molecule has 0 saturated heterocycles. The normalized spacial score (nSPS) is 21.0. The first-order valence-electron chi connectivity index (χ1n) is 8.55. The number of hydrogen-bond acceptors (Lipinski definition) is 6. The Morgan fingerprint density at radius 2 is 2.20 bits per heavy atom. The van der Waals surface area contributed by atoms with Crippen LogP contribution in [0.4, 0.5) is 4.79 Å². The van der Waals surface area contributed by atoms with Crippen molar-refractivity contribution in [3.8, 4) is 0 Å². The summed E-state index contributed by atoms with van der Waals surface area (Å²) in [6.07, 6.45) is 2.28. The van der Waals surface area contributed by atoms with Crippen LogP contribution < -0.4 is 0 Å². The predicted molar refractivity (Wildman–Crippen MR) is 90.4 cm³/mol. The van der Waals surface area contributed by atoms with E-state index < -0.39 is 5.60 Å². The number of likely N-dealkylation sites (N-methyl/N-ethyl adjacent to an activating group) is 1. The van der Waals surface area contributed by atoms with E-state index >= 15 is 0 Å². The number of furan rings is 1. The summed E-state index contributed by atoms with van der Waals surface area (Å²) in [5, 5.41) is 4.08. The van der Waals surface area contributed by atoms with Gasteiger partial charge in [0, 0.05) is 31.3 Å². The van der Waals surface area contributed by atoms with E-state index in [2.05, 4.69) is 10.1 Å². The van der Waals surface area contributed by atoms with Gasteiger partial charge in [0.15, 0.2) is 5.82 Å². The van der Waals surface area contributed by atoms with Gasteiger partial charge in [-0.15, -0.1) is 0 Å². The zero-order chi connectivity index (χ0) is 18.2. The van der Waals surface area contributed by atoms with E-state index in [0.29, 0.717) is 24.2 Å². The second-order valence-corrected chi connectivity index (χ2v) is 7.72. The molecule has 1 fully saturated rings. The molecule has 1 aliphatic rings.